The van der Waals surface area contributed by atoms with Crippen molar-refractivity contribution in [2.75, 3.05) is 17.7 Å². The second kappa shape index (κ2) is 8.35. The molecule has 1 aliphatic rings. The minimum absolute atomic E-state index is 0.00449. The molecule has 0 radical (unpaired) electrons. The molecule has 1 aliphatic heterocycles. The van der Waals surface area contributed by atoms with Crippen LogP contribution in [0.2, 0.25) is 0 Å². The zero-order valence-corrected chi connectivity index (χ0v) is 20.4. The van der Waals surface area contributed by atoms with Gasteiger partial charge in [0.05, 0.1) is 22.5 Å². The van der Waals surface area contributed by atoms with Crippen molar-refractivity contribution in [2.24, 2.45) is 5.73 Å². The van der Waals surface area contributed by atoms with E-state index >= 15 is 0 Å². The van der Waals surface area contributed by atoms with Gasteiger partial charge in [-0.3, -0.25) is 14.0 Å². The Hall–Kier alpha value is -3.99. The number of carbonyl (C=O) groups excluding carboxylic acids is 1. The molecule has 2 aromatic heterocycles. The zero-order chi connectivity index (χ0) is 24.9. The van der Waals surface area contributed by atoms with Crippen LogP contribution < -0.4 is 10.6 Å². The number of aryl methyl sites for hydroxylation is 1. The van der Waals surface area contributed by atoms with E-state index in [2.05, 4.69) is 37.8 Å². The summed E-state index contributed by atoms with van der Waals surface area (Å²) in [6.45, 7) is 4.64. The van der Waals surface area contributed by atoms with Crippen molar-refractivity contribution in [1.82, 2.24) is 24.5 Å². The topological polar surface area (TPSA) is 129 Å². The minimum atomic E-state index is -3.30. The van der Waals surface area contributed by atoms with E-state index in [0.717, 1.165) is 39.8 Å². The van der Waals surface area contributed by atoms with Crippen LogP contribution in [0.1, 0.15) is 24.5 Å². The number of nitrogens with zero attached hydrogens (tertiary/aromatic N) is 6. The molecule has 0 saturated carbocycles. The third-order valence-electron chi connectivity index (χ3n) is 6.12. The van der Waals surface area contributed by atoms with Crippen LogP contribution in [0.25, 0.3) is 16.8 Å². The number of rotatable bonds is 5. The summed E-state index contributed by atoms with van der Waals surface area (Å²) < 4.78 is 27.5. The van der Waals surface area contributed by atoms with Gasteiger partial charge < -0.3 is 10.6 Å². The maximum atomic E-state index is 12.0. The molecule has 0 fully saturated rings. The first-order valence-corrected chi connectivity index (χ1v) is 13.0. The van der Waals surface area contributed by atoms with E-state index in [4.69, 9.17) is 5.73 Å². The molecule has 1 amide bonds. The summed E-state index contributed by atoms with van der Waals surface area (Å²) in [5.41, 5.74) is 9.78. The summed E-state index contributed by atoms with van der Waals surface area (Å²) in [6.07, 6.45) is 4.68. The van der Waals surface area contributed by atoms with E-state index in [-0.39, 0.29) is 17.4 Å². The molecule has 0 bridgehead atoms. The average Bonchev–Trinajstić information content (AvgIpc) is 3.39. The average molecular weight is 492 g/mol. The van der Waals surface area contributed by atoms with Crippen molar-refractivity contribution in [3.8, 4) is 16.8 Å². The summed E-state index contributed by atoms with van der Waals surface area (Å²) in [5, 5.41) is 13.0. The van der Waals surface area contributed by atoms with Gasteiger partial charge in [-0.1, -0.05) is 13.0 Å². The summed E-state index contributed by atoms with van der Waals surface area (Å²) in [4.78, 5) is 13.7. The molecular formula is C24H25N7O3S. The van der Waals surface area contributed by atoms with Crippen LogP contribution in [0.4, 0.5) is 11.4 Å². The molecule has 11 heteroatoms. The Morgan fingerprint density at radius 2 is 1.83 bits per heavy atom. The van der Waals surface area contributed by atoms with Gasteiger partial charge >= 0.3 is 0 Å². The molecule has 5 rings (SSSR count). The number of primary amides is 1. The Balaban J connectivity index is 1.66. The fraction of sp³-hybridized carbons (Fsp3) is 0.250. The van der Waals surface area contributed by atoms with E-state index in [1.807, 2.05) is 31.2 Å². The maximum absolute atomic E-state index is 12.0. The molecule has 4 aromatic rings. The highest BCUT2D eigenvalue weighted by Crippen LogP contribution is 2.40. The Labute approximate surface area is 202 Å². The summed E-state index contributed by atoms with van der Waals surface area (Å²) in [7, 11) is -3.30. The Kier molecular flexibility index (Phi) is 5.43. The quantitative estimate of drug-likeness (QED) is 0.454. The predicted octanol–water partition coefficient (Wildman–Crippen LogP) is 2.58. The van der Waals surface area contributed by atoms with Crippen molar-refractivity contribution < 1.29 is 13.2 Å². The molecule has 180 valence electrons. The molecule has 10 nitrogen and oxygen atoms in total. The first kappa shape index (κ1) is 22.8. The van der Waals surface area contributed by atoms with E-state index in [1.54, 1.807) is 24.5 Å². The van der Waals surface area contributed by atoms with Gasteiger partial charge in [0.2, 0.25) is 5.91 Å². The molecule has 35 heavy (non-hydrogen) atoms. The monoisotopic (exact) mass is 491 g/mol. The van der Waals surface area contributed by atoms with Gasteiger partial charge in [0, 0.05) is 36.2 Å². The lowest BCUT2D eigenvalue weighted by Crippen LogP contribution is -2.22. The van der Waals surface area contributed by atoms with Crippen LogP contribution in [0.15, 0.2) is 59.8 Å². The van der Waals surface area contributed by atoms with Gasteiger partial charge in [-0.05, 0) is 48.9 Å². The number of anilines is 2. The van der Waals surface area contributed by atoms with Crippen LogP contribution >= 0.6 is 0 Å². The summed E-state index contributed by atoms with van der Waals surface area (Å²) in [5.74, 6) is 1.24. The van der Waals surface area contributed by atoms with Gasteiger partial charge in [-0.25, -0.2) is 8.42 Å². The number of amides is 1. The Morgan fingerprint density at radius 3 is 2.51 bits per heavy atom. The lowest BCUT2D eigenvalue weighted by Gasteiger charge is -2.27. The van der Waals surface area contributed by atoms with Crippen molar-refractivity contribution in [3.63, 3.8) is 0 Å². The fourth-order valence-corrected chi connectivity index (χ4v) is 5.06. The molecule has 0 saturated heterocycles. The number of hydrogen-bond donors (Lipinski definition) is 1. The van der Waals surface area contributed by atoms with Crippen LogP contribution in [0.3, 0.4) is 0 Å². The lowest BCUT2D eigenvalue weighted by molar-refractivity contribution is -0.118. The van der Waals surface area contributed by atoms with Crippen LogP contribution in [-0.4, -0.2) is 51.7 Å². The number of sulfone groups is 1. The molecular weight excluding hydrogens is 466 g/mol. The summed E-state index contributed by atoms with van der Waals surface area (Å²) >= 11 is 0. The van der Waals surface area contributed by atoms with Crippen molar-refractivity contribution >= 4 is 27.1 Å². The Bertz CT molecular complexity index is 1540. The normalized spacial score (nSPS) is 15.4. The van der Waals surface area contributed by atoms with Crippen molar-refractivity contribution in [1.29, 1.82) is 0 Å². The molecule has 0 aliphatic carbocycles. The van der Waals surface area contributed by atoms with Crippen LogP contribution in [-0.2, 0) is 21.2 Å². The number of carbonyl (C=O) groups is 1. The first-order chi connectivity index (χ1) is 16.6. The van der Waals surface area contributed by atoms with Gasteiger partial charge in [0.1, 0.15) is 18.2 Å². The second-order valence-corrected chi connectivity index (χ2v) is 10.8. The van der Waals surface area contributed by atoms with E-state index in [9.17, 15) is 13.2 Å². The minimum Gasteiger partial charge on any atom is -0.368 e. The standard InChI is InChI=1S/C24H25N7O3S/c1-15-12-30(19-5-7-20(8-6-19)35(3,33)34)22-10-17(18-11-26-29(13-18)14-23(25)32)4-9-21(22)31-16(2)27-28-24(15)31/h4-11,13,15H,12,14H2,1-3H3,(H2,25,32)/t15-/m1/s1. The van der Waals surface area contributed by atoms with Crippen molar-refractivity contribution in [3.05, 3.63) is 66.5 Å². The first-order valence-electron chi connectivity index (χ1n) is 11.1. The van der Waals surface area contributed by atoms with Crippen LogP contribution in [0.5, 0.6) is 0 Å². The molecule has 2 N–H and O–H groups in total. The van der Waals surface area contributed by atoms with Gasteiger partial charge in [0.15, 0.2) is 9.84 Å². The van der Waals surface area contributed by atoms with Gasteiger partial charge in [-0.2, -0.15) is 5.10 Å². The van der Waals surface area contributed by atoms with E-state index in [0.29, 0.717) is 6.54 Å². The van der Waals surface area contributed by atoms with Gasteiger partial charge in [0.25, 0.3) is 0 Å². The third kappa shape index (κ3) is 4.18. The molecule has 3 heterocycles. The lowest BCUT2D eigenvalue weighted by atomic mass is 10.1. The van der Waals surface area contributed by atoms with E-state index < -0.39 is 15.7 Å². The maximum Gasteiger partial charge on any atom is 0.239 e. The summed E-state index contributed by atoms with van der Waals surface area (Å²) in [6, 6.07) is 13.0. The smallest absolute Gasteiger partial charge is 0.239 e. The molecule has 0 spiro atoms. The number of nitrogens with two attached hydrogens (primary N) is 1. The zero-order valence-electron chi connectivity index (χ0n) is 19.6. The molecule has 1 atom stereocenters. The van der Waals surface area contributed by atoms with Gasteiger partial charge in [-0.15, -0.1) is 10.2 Å². The highest BCUT2D eigenvalue weighted by Gasteiger charge is 2.28. The molecule has 0 unspecified atom stereocenters. The van der Waals surface area contributed by atoms with Crippen LogP contribution in [0, 0.1) is 6.92 Å². The number of aromatic nitrogens is 5. The number of fused-ring (bicyclic) bond motifs is 3. The largest absolute Gasteiger partial charge is 0.368 e. The fourth-order valence-electron chi connectivity index (χ4n) is 4.43. The highest BCUT2D eigenvalue weighted by atomic mass is 32.2. The number of hydrogen-bond acceptors (Lipinski definition) is 7. The van der Waals surface area contributed by atoms with E-state index in [1.165, 1.54) is 10.9 Å². The number of benzene rings is 2. The van der Waals surface area contributed by atoms with Crippen molar-refractivity contribution in [2.45, 2.75) is 31.2 Å². The molecule has 2 aromatic carbocycles. The Morgan fingerprint density at radius 1 is 1.09 bits per heavy atom. The third-order valence-corrected chi connectivity index (χ3v) is 7.24. The highest BCUT2D eigenvalue weighted by molar-refractivity contribution is 7.90. The SMILES string of the molecule is Cc1nnc2n1-c1ccc(-c3cnn(CC(N)=O)c3)cc1N(c1ccc(S(C)(=O)=O)cc1)C[C@H]2C. The second-order valence-electron chi connectivity index (χ2n) is 8.81. The predicted molar refractivity (Wildman–Crippen MR) is 131 cm³/mol.